The zero-order chi connectivity index (χ0) is 16.8. The van der Waals surface area contributed by atoms with Gasteiger partial charge in [-0.3, -0.25) is 14.9 Å². The molecule has 122 valence electrons. The van der Waals surface area contributed by atoms with Crippen LogP contribution >= 0.6 is 11.3 Å². The molecular formula is C16H12FN3O3S. The third kappa shape index (κ3) is 2.10. The number of benzene rings is 1. The molecular weight excluding hydrogens is 333 g/mol. The third-order valence-electron chi connectivity index (χ3n) is 4.14. The van der Waals surface area contributed by atoms with Crippen molar-refractivity contribution >= 4 is 39.5 Å². The van der Waals surface area contributed by atoms with Crippen LogP contribution in [0.4, 0.5) is 15.9 Å². The number of aryl methyl sites for hydroxylation is 1. The Morgan fingerprint density at radius 3 is 2.96 bits per heavy atom. The number of non-ortho nitro benzene ring substituents is 1. The number of nitro benzene ring substituents is 1. The van der Waals surface area contributed by atoms with E-state index in [2.05, 4.69) is 5.32 Å². The lowest BCUT2D eigenvalue weighted by atomic mass is 10.1. The number of rotatable bonds is 3. The summed E-state index contributed by atoms with van der Waals surface area (Å²) in [7, 11) is 0. The topological polar surface area (TPSA) is 77.2 Å². The highest BCUT2D eigenvalue weighted by molar-refractivity contribution is 7.12. The van der Waals surface area contributed by atoms with Gasteiger partial charge in [0.1, 0.15) is 11.6 Å². The van der Waals surface area contributed by atoms with Gasteiger partial charge in [-0.05, 0) is 17.9 Å². The molecule has 1 aliphatic heterocycles. The molecule has 0 unspecified atom stereocenters. The zero-order valence-electron chi connectivity index (χ0n) is 12.4. The van der Waals surface area contributed by atoms with Crippen molar-refractivity contribution in [3.8, 4) is 0 Å². The predicted octanol–water partition coefficient (Wildman–Crippen LogP) is 3.80. The number of hydrogen-bond acceptors (Lipinski definition) is 5. The molecule has 2 aromatic heterocycles. The largest absolute Gasteiger partial charge is 0.371 e. The maximum atomic E-state index is 14.7. The maximum Gasteiger partial charge on any atom is 0.274 e. The number of aromatic nitrogens is 1. The van der Waals surface area contributed by atoms with Crippen LogP contribution in [0.2, 0.25) is 0 Å². The van der Waals surface area contributed by atoms with Crippen LogP contribution in [0, 0.1) is 15.9 Å². The molecule has 4 rings (SSSR count). The number of carbonyl (C=O) groups is 1. The highest BCUT2D eigenvalue weighted by Crippen LogP contribution is 2.38. The first kappa shape index (κ1) is 14.8. The zero-order valence-corrected chi connectivity index (χ0v) is 13.2. The average molecular weight is 345 g/mol. The molecule has 3 aromatic rings. The van der Waals surface area contributed by atoms with E-state index in [0.717, 1.165) is 12.5 Å². The third-order valence-corrected chi connectivity index (χ3v) is 5.00. The number of nitrogens with zero attached hydrogens (tertiary/aromatic N) is 2. The van der Waals surface area contributed by atoms with Crippen LogP contribution in [0.5, 0.6) is 0 Å². The molecule has 24 heavy (non-hydrogen) atoms. The number of halogens is 1. The highest BCUT2D eigenvalue weighted by atomic mass is 32.1. The van der Waals surface area contributed by atoms with Gasteiger partial charge in [-0.25, -0.2) is 4.39 Å². The summed E-state index contributed by atoms with van der Waals surface area (Å²) in [5, 5.41) is 16.1. The number of fused-ring (bicyclic) bond motifs is 3. The van der Waals surface area contributed by atoms with E-state index in [1.165, 1.54) is 17.4 Å². The van der Waals surface area contributed by atoms with Crippen molar-refractivity contribution in [3.05, 3.63) is 56.0 Å². The molecule has 6 nitrogen and oxygen atoms in total. The van der Waals surface area contributed by atoms with Crippen molar-refractivity contribution in [1.82, 2.24) is 4.57 Å². The summed E-state index contributed by atoms with van der Waals surface area (Å²) < 4.78 is 16.4. The van der Waals surface area contributed by atoms with Crippen LogP contribution in [0.1, 0.15) is 21.7 Å². The normalized spacial score (nSPS) is 13.5. The van der Waals surface area contributed by atoms with Gasteiger partial charge in [-0.15, -0.1) is 11.3 Å². The van der Waals surface area contributed by atoms with E-state index in [1.54, 1.807) is 22.1 Å². The van der Waals surface area contributed by atoms with E-state index in [-0.39, 0.29) is 22.4 Å². The van der Waals surface area contributed by atoms with Crippen molar-refractivity contribution in [2.75, 3.05) is 11.9 Å². The summed E-state index contributed by atoms with van der Waals surface area (Å²) in [5.74, 6) is -0.484. The van der Waals surface area contributed by atoms with Gasteiger partial charge in [0.15, 0.2) is 0 Å². The predicted molar refractivity (Wildman–Crippen MR) is 89.4 cm³/mol. The molecule has 8 heteroatoms. The van der Waals surface area contributed by atoms with Crippen LogP contribution in [-0.2, 0) is 6.54 Å². The molecule has 3 heterocycles. The van der Waals surface area contributed by atoms with Crippen LogP contribution in [-0.4, -0.2) is 21.8 Å². The van der Waals surface area contributed by atoms with Crippen molar-refractivity contribution in [3.63, 3.8) is 0 Å². The second-order valence-electron chi connectivity index (χ2n) is 5.54. The lowest BCUT2D eigenvalue weighted by Crippen LogP contribution is -2.18. The van der Waals surface area contributed by atoms with Gasteiger partial charge < -0.3 is 9.88 Å². The first-order chi connectivity index (χ1) is 11.6. The number of ketones is 1. The minimum atomic E-state index is -0.747. The summed E-state index contributed by atoms with van der Waals surface area (Å²) in [6.45, 7) is 1.25. The van der Waals surface area contributed by atoms with Gasteiger partial charge in [-0.2, -0.15) is 0 Å². The molecule has 0 aliphatic carbocycles. The summed E-state index contributed by atoms with van der Waals surface area (Å²) in [4.78, 5) is 23.8. The van der Waals surface area contributed by atoms with E-state index in [9.17, 15) is 19.3 Å². The fraction of sp³-hybridized carbons (Fsp3) is 0.188. The molecule has 0 bridgehead atoms. The van der Waals surface area contributed by atoms with E-state index < -0.39 is 10.7 Å². The quantitative estimate of drug-likeness (QED) is 0.445. The van der Waals surface area contributed by atoms with Gasteiger partial charge in [0.2, 0.25) is 5.78 Å². The molecule has 0 radical (unpaired) electrons. The second-order valence-corrected chi connectivity index (χ2v) is 6.49. The number of thiophene rings is 1. The first-order valence-electron chi connectivity index (χ1n) is 7.40. The monoisotopic (exact) mass is 345 g/mol. The molecule has 0 amide bonds. The summed E-state index contributed by atoms with van der Waals surface area (Å²) >= 11 is 1.29. The Balaban J connectivity index is 2.06. The van der Waals surface area contributed by atoms with Gasteiger partial charge >= 0.3 is 0 Å². The number of nitro groups is 1. The van der Waals surface area contributed by atoms with Gasteiger partial charge in [-0.1, -0.05) is 6.07 Å². The minimum absolute atomic E-state index is 0.142. The fourth-order valence-corrected chi connectivity index (χ4v) is 3.80. The second kappa shape index (κ2) is 5.41. The fourth-order valence-electron chi connectivity index (χ4n) is 3.13. The molecule has 1 aliphatic rings. The number of nitrogens with one attached hydrogen (secondary N) is 1. The number of carbonyl (C=O) groups excluding carboxylic acids is 1. The highest BCUT2D eigenvalue weighted by Gasteiger charge is 2.29. The average Bonchev–Trinajstić information content (AvgIpc) is 3.20. The van der Waals surface area contributed by atoms with Crippen LogP contribution in [0.3, 0.4) is 0 Å². The standard InChI is InChI=1S/C16H12FN3O3S/c17-10-7-9(20(22)23)8-11-13(10)14(15(21)12-3-1-6-24-12)16-18-4-2-5-19(11)16/h1,3,6-8,18H,2,4-5H2. The number of hydrogen-bond donors (Lipinski definition) is 1. The van der Waals surface area contributed by atoms with Crippen molar-refractivity contribution in [2.24, 2.45) is 0 Å². The van der Waals surface area contributed by atoms with E-state index in [4.69, 9.17) is 0 Å². The molecule has 1 aromatic carbocycles. The summed E-state index contributed by atoms with van der Waals surface area (Å²) in [5.41, 5.74) is 0.310. The van der Waals surface area contributed by atoms with Crippen molar-refractivity contribution in [1.29, 1.82) is 0 Å². The first-order valence-corrected chi connectivity index (χ1v) is 8.28. The van der Waals surface area contributed by atoms with E-state index in [1.807, 2.05) is 0 Å². The molecule has 0 saturated carbocycles. The summed E-state index contributed by atoms with van der Waals surface area (Å²) in [6, 6.07) is 5.66. The van der Waals surface area contributed by atoms with Crippen LogP contribution in [0.15, 0.2) is 29.6 Å². The van der Waals surface area contributed by atoms with Gasteiger partial charge in [0.25, 0.3) is 5.69 Å². The SMILES string of the molecule is O=C(c1cccs1)c1c2n(c3cc([N+](=O)[O-])cc(F)c13)CCCN2. The lowest BCUT2D eigenvalue weighted by Gasteiger charge is -2.18. The van der Waals surface area contributed by atoms with Crippen LogP contribution in [0.25, 0.3) is 10.9 Å². The van der Waals surface area contributed by atoms with Crippen LogP contribution < -0.4 is 5.32 Å². The molecule has 0 saturated heterocycles. The Morgan fingerprint density at radius 1 is 1.42 bits per heavy atom. The van der Waals surface area contributed by atoms with Gasteiger partial charge in [0.05, 0.1) is 26.9 Å². The molecule has 0 atom stereocenters. The maximum absolute atomic E-state index is 14.7. The Bertz CT molecular complexity index is 979. The number of anilines is 1. The Kier molecular flexibility index (Phi) is 3.34. The molecule has 0 spiro atoms. The van der Waals surface area contributed by atoms with Crippen molar-refractivity contribution < 1.29 is 14.1 Å². The molecule has 1 N–H and O–H groups in total. The summed E-state index contributed by atoms with van der Waals surface area (Å²) in [6.07, 6.45) is 0.799. The lowest BCUT2D eigenvalue weighted by molar-refractivity contribution is -0.384. The van der Waals surface area contributed by atoms with Gasteiger partial charge in [0, 0.05) is 24.5 Å². The van der Waals surface area contributed by atoms with E-state index >= 15 is 0 Å². The van der Waals surface area contributed by atoms with Crippen molar-refractivity contribution in [2.45, 2.75) is 13.0 Å². The molecule has 0 fully saturated rings. The Labute approximate surface area is 139 Å². The van der Waals surface area contributed by atoms with E-state index in [0.29, 0.717) is 29.3 Å². The Hall–Kier alpha value is -2.74. The smallest absolute Gasteiger partial charge is 0.274 e. The minimum Gasteiger partial charge on any atom is -0.371 e. The Morgan fingerprint density at radius 2 is 2.25 bits per heavy atom.